The monoisotopic (exact) mass is 497 g/mol. The van der Waals surface area contributed by atoms with Crippen LogP contribution >= 0.6 is 34.8 Å². The molecule has 9 heteroatoms. The van der Waals surface area contributed by atoms with Crippen molar-refractivity contribution >= 4 is 58.0 Å². The number of halogens is 3. The lowest BCUT2D eigenvalue weighted by Crippen LogP contribution is -2.48. The maximum atomic E-state index is 12.5. The summed E-state index contributed by atoms with van der Waals surface area (Å²) < 4.78 is 5.65. The number of hydrogen-bond acceptors (Lipinski definition) is 4. The smallest absolute Gasteiger partial charge is 0.265 e. The largest absolute Gasteiger partial charge is 0.479 e. The minimum absolute atomic E-state index is 0.201. The highest BCUT2D eigenvalue weighted by Gasteiger charge is 2.22. The SMILES string of the molecule is CCCC(=O)N1CCN(c2ccc(NC(=O)C(C)Oc3ccc(Cl)cc3Cl)cc2Cl)CC1. The van der Waals surface area contributed by atoms with Crippen LogP contribution in [0.2, 0.25) is 15.1 Å². The van der Waals surface area contributed by atoms with Crippen molar-refractivity contribution in [1.29, 1.82) is 0 Å². The molecular formula is C23H26Cl3N3O3. The molecule has 0 bridgehead atoms. The van der Waals surface area contributed by atoms with Gasteiger partial charge in [-0.3, -0.25) is 9.59 Å². The zero-order valence-corrected chi connectivity index (χ0v) is 20.3. The first-order valence-corrected chi connectivity index (χ1v) is 11.7. The number of nitrogens with zero attached hydrogens (tertiary/aromatic N) is 2. The van der Waals surface area contributed by atoms with Crippen molar-refractivity contribution in [3.8, 4) is 5.75 Å². The van der Waals surface area contributed by atoms with Crippen molar-refractivity contribution < 1.29 is 14.3 Å². The van der Waals surface area contributed by atoms with E-state index >= 15 is 0 Å². The minimum Gasteiger partial charge on any atom is -0.479 e. The molecule has 1 N–H and O–H groups in total. The number of hydrogen-bond donors (Lipinski definition) is 1. The maximum Gasteiger partial charge on any atom is 0.265 e. The first kappa shape index (κ1) is 24.5. The maximum absolute atomic E-state index is 12.5. The lowest BCUT2D eigenvalue weighted by molar-refractivity contribution is -0.131. The van der Waals surface area contributed by atoms with Gasteiger partial charge in [-0.25, -0.2) is 0 Å². The topological polar surface area (TPSA) is 61.9 Å². The number of nitrogens with one attached hydrogen (secondary N) is 1. The molecular weight excluding hydrogens is 473 g/mol. The lowest BCUT2D eigenvalue weighted by atomic mass is 10.2. The Kier molecular flexibility index (Phi) is 8.51. The van der Waals surface area contributed by atoms with Crippen LogP contribution in [0.5, 0.6) is 5.75 Å². The van der Waals surface area contributed by atoms with E-state index in [1.807, 2.05) is 17.9 Å². The molecule has 6 nitrogen and oxygen atoms in total. The summed E-state index contributed by atoms with van der Waals surface area (Å²) in [5.41, 5.74) is 1.45. The van der Waals surface area contributed by atoms with Crippen molar-refractivity contribution in [2.75, 3.05) is 36.4 Å². The minimum atomic E-state index is -0.777. The Labute approximate surface area is 203 Å². The van der Waals surface area contributed by atoms with Crippen LogP contribution in [0, 0.1) is 0 Å². The summed E-state index contributed by atoms with van der Waals surface area (Å²) in [6.45, 7) is 6.43. The number of anilines is 2. The Morgan fingerprint density at radius 2 is 1.75 bits per heavy atom. The van der Waals surface area contributed by atoms with Crippen LogP contribution in [0.25, 0.3) is 0 Å². The van der Waals surface area contributed by atoms with Gasteiger partial charge in [-0.15, -0.1) is 0 Å². The van der Waals surface area contributed by atoms with Gasteiger partial charge < -0.3 is 19.9 Å². The van der Waals surface area contributed by atoms with Gasteiger partial charge in [-0.2, -0.15) is 0 Å². The number of ether oxygens (including phenoxy) is 1. The van der Waals surface area contributed by atoms with E-state index in [1.165, 1.54) is 0 Å². The van der Waals surface area contributed by atoms with E-state index in [2.05, 4.69) is 10.2 Å². The highest BCUT2D eigenvalue weighted by molar-refractivity contribution is 6.35. The molecule has 2 aromatic carbocycles. The van der Waals surface area contributed by atoms with Crippen LogP contribution in [-0.4, -0.2) is 49.0 Å². The Morgan fingerprint density at radius 1 is 1.03 bits per heavy atom. The second-order valence-electron chi connectivity index (χ2n) is 7.61. The zero-order valence-electron chi connectivity index (χ0n) is 18.0. The molecule has 1 aliphatic heterocycles. The Bertz CT molecular complexity index is 978. The number of carbonyl (C=O) groups excluding carboxylic acids is 2. The van der Waals surface area contributed by atoms with E-state index in [1.54, 1.807) is 37.3 Å². The fraction of sp³-hybridized carbons (Fsp3) is 0.391. The van der Waals surface area contributed by atoms with Crippen molar-refractivity contribution in [2.45, 2.75) is 32.8 Å². The summed E-state index contributed by atoms with van der Waals surface area (Å²) in [5.74, 6) is 0.249. The molecule has 1 saturated heterocycles. The normalized spacial score (nSPS) is 14.8. The van der Waals surface area contributed by atoms with E-state index in [4.69, 9.17) is 39.5 Å². The first-order chi connectivity index (χ1) is 15.3. The van der Waals surface area contributed by atoms with Crippen molar-refractivity contribution in [3.05, 3.63) is 51.5 Å². The van der Waals surface area contributed by atoms with Gasteiger partial charge in [0.1, 0.15) is 5.75 Å². The van der Waals surface area contributed by atoms with Gasteiger partial charge in [0, 0.05) is 43.3 Å². The highest BCUT2D eigenvalue weighted by atomic mass is 35.5. The van der Waals surface area contributed by atoms with Crippen molar-refractivity contribution in [2.24, 2.45) is 0 Å². The summed E-state index contributed by atoms with van der Waals surface area (Å²) in [6, 6.07) is 10.2. The molecule has 2 amide bonds. The van der Waals surface area contributed by atoms with Gasteiger partial charge in [0.05, 0.1) is 15.7 Å². The standard InChI is InChI=1S/C23H26Cl3N3O3/c1-3-4-22(30)29-11-9-28(10-12-29)20-7-6-17(14-18(20)25)27-23(31)15(2)32-21-8-5-16(24)13-19(21)26/h5-8,13-15H,3-4,9-12H2,1-2H3,(H,27,31). The summed E-state index contributed by atoms with van der Waals surface area (Å²) >= 11 is 18.5. The molecule has 1 atom stereocenters. The predicted octanol–water partition coefficient (Wildman–Crippen LogP) is 5.50. The fourth-order valence-electron chi connectivity index (χ4n) is 3.47. The molecule has 32 heavy (non-hydrogen) atoms. The molecule has 172 valence electrons. The van der Waals surface area contributed by atoms with Crippen LogP contribution in [0.3, 0.4) is 0 Å². The third-order valence-corrected chi connectivity index (χ3v) is 6.05. The number of amides is 2. The third kappa shape index (κ3) is 6.21. The zero-order chi connectivity index (χ0) is 23.3. The third-order valence-electron chi connectivity index (χ3n) is 5.22. The number of piperazine rings is 1. The predicted molar refractivity (Wildman–Crippen MR) is 130 cm³/mol. The number of benzene rings is 2. The van der Waals surface area contributed by atoms with Crippen LogP contribution in [0.1, 0.15) is 26.7 Å². The first-order valence-electron chi connectivity index (χ1n) is 10.5. The van der Waals surface area contributed by atoms with Gasteiger partial charge in [-0.05, 0) is 49.7 Å². The molecule has 0 aliphatic carbocycles. The van der Waals surface area contributed by atoms with E-state index in [9.17, 15) is 9.59 Å². The van der Waals surface area contributed by atoms with E-state index in [0.29, 0.717) is 59.1 Å². The summed E-state index contributed by atoms with van der Waals surface area (Å²) in [5, 5.41) is 4.17. The second-order valence-corrected chi connectivity index (χ2v) is 8.86. The molecule has 1 heterocycles. The van der Waals surface area contributed by atoms with Gasteiger partial charge in [0.2, 0.25) is 5.91 Å². The highest BCUT2D eigenvalue weighted by Crippen LogP contribution is 2.31. The van der Waals surface area contributed by atoms with E-state index < -0.39 is 6.10 Å². The Balaban J connectivity index is 1.58. The van der Waals surface area contributed by atoms with Crippen LogP contribution in [0.15, 0.2) is 36.4 Å². The second kappa shape index (κ2) is 11.1. The Hall–Kier alpha value is -2.15. The number of rotatable bonds is 7. The van der Waals surface area contributed by atoms with Gasteiger partial charge in [0.15, 0.2) is 6.10 Å². The van der Waals surface area contributed by atoms with Gasteiger partial charge >= 0.3 is 0 Å². The fourth-order valence-corrected chi connectivity index (χ4v) is 4.22. The van der Waals surface area contributed by atoms with Gasteiger partial charge in [-0.1, -0.05) is 41.7 Å². The molecule has 2 aromatic rings. The average molecular weight is 499 g/mol. The average Bonchev–Trinajstić information content (AvgIpc) is 2.76. The molecule has 0 saturated carbocycles. The van der Waals surface area contributed by atoms with E-state index in [0.717, 1.165) is 12.1 Å². The van der Waals surface area contributed by atoms with E-state index in [-0.39, 0.29) is 11.8 Å². The summed E-state index contributed by atoms with van der Waals surface area (Å²) in [6.07, 6.45) is 0.663. The summed E-state index contributed by atoms with van der Waals surface area (Å²) in [4.78, 5) is 28.7. The van der Waals surface area contributed by atoms with Crippen molar-refractivity contribution in [3.63, 3.8) is 0 Å². The number of carbonyl (C=O) groups is 2. The lowest BCUT2D eigenvalue weighted by Gasteiger charge is -2.36. The quantitative estimate of drug-likeness (QED) is 0.547. The van der Waals surface area contributed by atoms with Crippen molar-refractivity contribution in [1.82, 2.24) is 4.90 Å². The molecule has 0 radical (unpaired) electrons. The van der Waals surface area contributed by atoms with Crippen LogP contribution in [-0.2, 0) is 9.59 Å². The summed E-state index contributed by atoms with van der Waals surface area (Å²) in [7, 11) is 0. The molecule has 1 unspecified atom stereocenters. The molecule has 3 rings (SSSR count). The molecule has 1 aliphatic rings. The van der Waals surface area contributed by atoms with Gasteiger partial charge in [0.25, 0.3) is 5.91 Å². The van der Waals surface area contributed by atoms with Crippen LogP contribution < -0.4 is 15.0 Å². The molecule has 0 aromatic heterocycles. The Morgan fingerprint density at radius 3 is 2.38 bits per heavy atom. The van der Waals surface area contributed by atoms with Crippen LogP contribution in [0.4, 0.5) is 11.4 Å². The molecule has 1 fully saturated rings. The molecule has 0 spiro atoms.